The van der Waals surface area contributed by atoms with Crippen molar-refractivity contribution >= 4 is 5.78 Å². The van der Waals surface area contributed by atoms with Crippen LogP contribution in [0.2, 0.25) is 0 Å². The number of benzene rings is 1. The maximum atomic E-state index is 11.9. The maximum absolute atomic E-state index is 11.9. The molecule has 0 unspecified atom stereocenters. The minimum atomic E-state index is 0.220. The summed E-state index contributed by atoms with van der Waals surface area (Å²) in [6, 6.07) is 5.52. The van der Waals surface area contributed by atoms with E-state index in [-0.39, 0.29) is 11.8 Å². The third-order valence-electron chi connectivity index (χ3n) is 3.79. The molecule has 1 saturated carbocycles. The molecule has 2 bridgehead atoms. The van der Waals surface area contributed by atoms with E-state index in [2.05, 4.69) is 0 Å². The second-order valence-electron chi connectivity index (χ2n) is 4.73. The number of rotatable bonds is 0. The largest absolute Gasteiger partial charge is 0.508 e. The Balaban J connectivity index is 2.06. The van der Waals surface area contributed by atoms with E-state index in [4.69, 9.17) is 0 Å². The minimum Gasteiger partial charge on any atom is -0.508 e. The van der Waals surface area contributed by atoms with Gasteiger partial charge >= 0.3 is 0 Å². The van der Waals surface area contributed by atoms with Crippen molar-refractivity contribution in [3.8, 4) is 5.75 Å². The Morgan fingerprint density at radius 1 is 1.07 bits per heavy atom. The van der Waals surface area contributed by atoms with E-state index in [0.717, 1.165) is 25.7 Å². The van der Waals surface area contributed by atoms with Gasteiger partial charge in [0.15, 0.2) is 0 Å². The Hall–Kier alpha value is -1.31. The highest BCUT2D eigenvalue weighted by atomic mass is 16.3. The lowest BCUT2D eigenvalue weighted by Gasteiger charge is -2.11. The van der Waals surface area contributed by atoms with Gasteiger partial charge in [-0.05, 0) is 48.9 Å². The first-order chi connectivity index (χ1) is 7.24. The van der Waals surface area contributed by atoms with Gasteiger partial charge < -0.3 is 5.11 Å². The number of fused-ring (bicyclic) bond motifs is 3. The Labute approximate surface area is 88.9 Å². The van der Waals surface area contributed by atoms with Crippen LogP contribution in [0.3, 0.4) is 0 Å². The number of aromatic hydroxyl groups is 1. The van der Waals surface area contributed by atoms with Gasteiger partial charge in [-0.2, -0.15) is 0 Å². The molecule has 0 aromatic heterocycles. The molecule has 1 fully saturated rings. The molecule has 2 atom stereocenters. The van der Waals surface area contributed by atoms with E-state index in [0.29, 0.717) is 11.5 Å². The first kappa shape index (κ1) is 8.96. The zero-order chi connectivity index (χ0) is 10.4. The highest BCUT2D eigenvalue weighted by molar-refractivity contribution is 5.86. The van der Waals surface area contributed by atoms with Crippen LogP contribution in [0, 0.1) is 11.8 Å². The Morgan fingerprint density at radius 2 is 1.73 bits per heavy atom. The van der Waals surface area contributed by atoms with Crippen molar-refractivity contribution in [2.24, 2.45) is 11.8 Å². The summed E-state index contributed by atoms with van der Waals surface area (Å²) in [6.45, 7) is 0. The molecular formula is C13H14O2. The number of hydrogen-bond donors (Lipinski definition) is 1. The lowest BCUT2D eigenvalue weighted by molar-refractivity contribution is -0.123. The highest BCUT2D eigenvalue weighted by Gasteiger charge is 2.37. The van der Waals surface area contributed by atoms with Crippen LogP contribution in [0.25, 0.3) is 0 Å². The maximum Gasteiger partial charge on any atom is 0.139 e. The number of carbonyl (C=O) groups excluding carboxylic acids is 1. The second-order valence-corrected chi connectivity index (χ2v) is 4.73. The van der Waals surface area contributed by atoms with Crippen LogP contribution in [-0.2, 0) is 17.6 Å². The van der Waals surface area contributed by atoms with Crippen LogP contribution in [0.1, 0.15) is 24.0 Å². The Morgan fingerprint density at radius 3 is 2.47 bits per heavy atom. The molecule has 0 heterocycles. The first-order valence-electron chi connectivity index (χ1n) is 5.58. The van der Waals surface area contributed by atoms with Crippen molar-refractivity contribution in [3.63, 3.8) is 0 Å². The zero-order valence-corrected chi connectivity index (χ0v) is 8.57. The quantitative estimate of drug-likeness (QED) is 0.699. The molecule has 0 radical (unpaired) electrons. The fraction of sp³-hybridized carbons (Fsp3) is 0.462. The predicted molar refractivity (Wildman–Crippen MR) is 56.7 cm³/mol. The van der Waals surface area contributed by atoms with Gasteiger partial charge in [0, 0.05) is 11.8 Å². The lowest BCUT2D eigenvalue weighted by atomic mass is 9.93. The molecule has 0 aliphatic heterocycles. The van der Waals surface area contributed by atoms with E-state index in [1.807, 2.05) is 12.1 Å². The van der Waals surface area contributed by atoms with Crippen LogP contribution in [0.5, 0.6) is 5.75 Å². The number of ketones is 1. The molecule has 2 heteroatoms. The molecule has 78 valence electrons. The van der Waals surface area contributed by atoms with E-state index in [9.17, 15) is 9.90 Å². The number of Topliss-reactive ketones (excluding diaryl/α,β-unsaturated/α-hetero) is 1. The second kappa shape index (κ2) is 3.09. The summed E-state index contributed by atoms with van der Waals surface area (Å²) in [7, 11) is 0. The monoisotopic (exact) mass is 202 g/mol. The third-order valence-corrected chi connectivity index (χ3v) is 3.79. The standard InChI is InChI=1S/C13H14O2/c14-12-4-3-8-5-9-1-2-10(13(9)15)6-11(8)7-12/h3-4,7,9-10,14H,1-2,5-6H2/t9-,10+/m0/s1. The van der Waals surface area contributed by atoms with Gasteiger partial charge in [0.2, 0.25) is 0 Å². The van der Waals surface area contributed by atoms with E-state index < -0.39 is 0 Å². The fourth-order valence-corrected chi connectivity index (χ4v) is 2.96. The van der Waals surface area contributed by atoms with Crippen molar-refractivity contribution < 1.29 is 9.90 Å². The molecule has 1 N–H and O–H groups in total. The number of phenols is 1. The van der Waals surface area contributed by atoms with Gasteiger partial charge in [-0.3, -0.25) is 4.79 Å². The molecule has 15 heavy (non-hydrogen) atoms. The van der Waals surface area contributed by atoms with Crippen LogP contribution in [0.4, 0.5) is 0 Å². The number of hydrogen-bond acceptors (Lipinski definition) is 2. The van der Waals surface area contributed by atoms with Crippen molar-refractivity contribution in [1.29, 1.82) is 0 Å². The van der Waals surface area contributed by atoms with Gasteiger partial charge in [0.05, 0.1) is 0 Å². The number of phenolic OH excluding ortho intramolecular Hbond substituents is 1. The van der Waals surface area contributed by atoms with Crippen LogP contribution in [0.15, 0.2) is 18.2 Å². The molecular weight excluding hydrogens is 188 g/mol. The summed E-state index contributed by atoms with van der Waals surface area (Å²) < 4.78 is 0. The fourth-order valence-electron chi connectivity index (χ4n) is 2.96. The minimum absolute atomic E-state index is 0.220. The molecule has 2 nitrogen and oxygen atoms in total. The van der Waals surface area contributed by atoms with Crippen LogP contribution in [-0.4, -0.2) is 10.9 Å². The summed E-state index contributed by atoms with van der Waals surface area (Å²) >= 11 is 0. The summed E-state index contributed by atoms with van der Waals surface area (Å²) in [6.07, 6.45) is 3.81. The van der Waals surface area contributed by atoms with Gasteiger partial charge in [-0.1, -0.05) is 6.07 Å². The van der Waals surface area contributed by atoms with Gasteiger partial charge in [-0.15, -0.1) is 0 Å². The van der Waals surface area contributed by atoms with E-state index in [1.165, 1.54) is 11.1 Å². The third kappa shape index (κ3) is 1.36. The predicted octanol–water partition coefficient (Wildman–Crippen LogP) is 2.09. The summed E-state index contributed by atoms with van der Waals surface area (Å²) in [4.78, 5) is 11.9. The average Bonchev–Trinajstić information content (AvgIpc) is 2.44. The summed E-state index contributed by atoms with van der Waals surface area (Å²) in [5.41, 5.74) is 2.43. The average molecular weight is 202 g/mol. The molecule has 0 spiro atoms. The summed E-state index contributed by atoms with van der Waals surface area (Å²) in [5.74, 6) is 1.24. The van der Waals surface area contributed by atoms with Gasteiger partial charge in [0.25, 0.3) is 0 Å². The molecule has 1 aromatic carbocycles. The van der Waals surface area contributed by atoms with E-state index in [1.54, 1.807) is 6.07 Å². The van der Waals surface area contributed by atoms with Crippen molar-refractivity contribution in [1.82, 2.24) is 0 Å². The topological polar surface area (TPSA) is 37.3 Å². The first-order valence-corrected chi connectivity index (χ1v) is 5.58. The van der Waals surface area contributed by atoms with Crippen LogP contribution >= 0.6 is 0 Å². The van der Waals surface area contributed by atoms with Crippen molar-refractivity contribution in [2.75, 3.05) is 0 Å². The van der Waals surface area contributed by atoms with Crippen molar-refractivity contribution in [2.45, 2.75) is 25.7 Å². The molecule has 3 rings (SSSR count). The number of carbonyl (C=O) groups is 1. The SMILES string of the molecule is O=C1[C@@H]2CC[C@H]1Cc1ccc(O)cc1C2. The van der Waals surface area contributed by atoms with Gasteiger partial charge in [0.1, 0.15) is 11.5 Å². The van der Waals surface area contributed by atoms with Gasteiger partial charge in [-0.25, -0.2) is 0 Å². The highest BCUT2D eigenvalue weighted by Crippen LogP contribution is 2.37. The molecule has 2 aliphatic carbocycles. The molecule has 2 aliphatic rings. The Kier molecular flexibility index (Phi) is 1.84. The molecule has 0 amide bonds. The smallest absolute Gasteiger partial charge is 0.139 e. The summed E-state index contributed by atoms with van der Waals surface area (Å²) in [5, 5.41) is 9.43. The van der Waals surface area contributed by atoms with Crippen molar-refractivity contribution in [3.05, 3.63) is 29.3 Å². The normalized spacial score (nSPS) is 28.7. The molecule has 0 saturated heterocycles. The van der Waals surface area contributed by atoms with Crippen LogP contribution < -0.4 is 0 Å². The van der Waals surface area contributed by atoms with E-state index >= 15 is 0 Å². The molecule has 1 aromatic rings. The lowest BCUT2D eigenvalue weighted by Crippen LogP contribution is -2.13. The zero-order valence-electron chi connectivity index (χ0n) is 8.57. The Bertz CT molecular complexity index is 423.